The number of hydrogen-bond donors (Lipinski definition) is 2. The smallest absolute Gasteiger partial charge is 0.237 e. The SMILES string of the molecule is CC(C)[C@H](N)C(=O)NCCN(C)C(C)C.Cl. The topological polar surface area (TPSA) is 58.4 Å². The molecule has 1 atom stereocenters. The van der Waals surface area contributed by atoms with E-state index >= 15 is 0 Å². The highest BCUT2D eigenvalue weighted by atomic mass is 35.5. The molecule has 0 spiro atoms. The van der Waals surface area contributed by atoms with Crippen LogP contribution in [0, 0.1) is 5.92 Å². The quantitative estimate of drug-likeness (QED) is 0.736. The Bertz CT molecular complexity index is 198. The summed E-state index contributed by atoms with van der Waals surface area (Å²) in [5, 5.41) is 2.84. The zero-order chi connectivity index (χ0) is 12.0. The van der Waals surface area contributed by atoms with E-state index in [-0.39, 0.29) is 24.2 Å². The van der Waals surface area contributed by atoms with Crippen molar-refractivity contribution in [2.75, 3.05) is 20.1 Å². The molecule has 0 unspecified atom stereocenters. The summed E-state index contributed by atoms with van der Waals surface area (Å²) >= 11 is 0. The van der Waals surface area contributed by atoms with Crippen LogP contribution >= 0.6 is 12.4 Å². The van der Waals surface area contributed by atoms with Crippen LogP contribution in [0.4, 0.5) is 0 Å². The number of hydrogen-bond acceptors (Lipinski definition) is 3. The van der Waals surface area contributed by atoms with Crippen LogP contribution in [0.1, 0.15) is 27.7 Å². The first-order chi connectivity index (χ1) is 6.86. The van der Waals surface area contributed by atoms with Gasteiger partial charge in [0.05, 0.1) is 6.04 Å². The molecule has 0 aromatic rings. The molecule has 98 valence electrons. The fourth-order valence-electron chi connectivity index (χ4n) is 1.03. The predicted molar refractivity (Wildman–Crippen MR) is 70.8 cm³/mol. The molecule has 16 heavy (non-hydrogen) atoms. The molecule has 4 nitrogen and oxygen atoms in total. The number of amides is 1. The number of likely N-dealkylation sites (N-methyl/N-ethyl adjacent to an activating group) is 1. The molecule has 0 rings (SSSR count). The Morgan fingerprint density at radius 1 is 1.31 bits per heavy atom. The van der Waals surface area contributed by atoms with Crippen molar-refractivity contribution in [2.24, 2.45) is 11.7 Å². The molecule has 0 aliphatic carbocycles. The molecule has 5 heteroatoms. The van der Waals surface area contributed by atoms with Crippen molar-refractivity contribution in [1.82, 2.24) is 10.2 Å². The molecule has 0 aromatic carbocycles. The molecular weight excluding hydrogens is 226 g/mol. The van der Waals surface area contributed by atoms with Gasteiger partial charge in [0.1, 0.15) is 0 Å². The van der Waals surface area contributed by atoms with E-state index in [1.165, 1.54) is 0 Å². The lowest BCUT2D eigenvalue weighted by Crippen LogP contribution is -2.46. The molecule has 1 amide bonds. The number of rotatable bonds is 6. The normalized spacial score (nSPS) is 12.8. The fraction of sp³-hybridized carbons (Fsp3) is 0.909. The number of carbonyl (C=O) groups is 1. The Kier molecular flexibility index (Phi) is 9.92. The number of nitrogens with two attached hydrogens (primary N) is 1. The van der Waals surface area contributed by atoms with Crippen LogP contribution in [0.3, 0.4) is 0 Å². The molecule has 0 fully saturated rings. The number of carbonyl (C=O) groups excluding carboxylic acids is 1. The van der Waals surface area contributed by atoms with E-state index in [0.29, 0.717) is 12.6 Å². The second-order valence-electron chi connectivity index (χ2n) is 4.64. The number of halogens is 1. The summed E-state index contributed by atoms with van der Waals surface area (Å²) in [6, 6.07) is 0.107. The summed E-state index contributed by atoms with van der Waals surface area (Å²) in [6.45, 7) is 9.67. The van der Waals surface area contributed by atoms with Crippen molar-refractivity contribution >= 4 is 18.3 Å². The van der Waals surface area contributed by atoms with Crippen LogP contribution in [0.2, 0.25) is 0 Å². The Labute approximate surface area is 105 Å². The molecule has 0 aromatic heterocycles. The predicted octanol–water partition coefficient (Wildman–Crippen LogP) is 0.848. The lowest BCUT2D eigenvalue weighted by atomic mass is 10.1. The van der Waals surface area contributed by atoms with Gasteiger partial charge in [-0.2, -0.15) is 0 Å². The van der Waals surface area contributed by atoms with Gasteiger partial charge in [-0.25, -0.2) is 0 Å². The highest BCUT2D eigenvalue weighted by Crippen LogP contribution is 1.97. The van der Waals surface area contributed by atoms with Gasteiger partial charge in [-0.3, -0.25) is 4.79 Å². The summed E-state index contributed by atoms with van der Waals surface area (Å²) in [6.07, 6.45) is 0. The summed E-state index contributed by atoms with van der Waals surface area (Å²) < 4.78 is 0. The zero-order valence-corrected chi connectivity index (χ0v) is 11.8. The Morgan fingerprint density at radius 3 is 2.19 bits per heavy atom. The molecule has 0 radical (unpaired) electrons. The van der Waals surface area contributed by atoms with Gasteiger partial charge in [0, 0.05) is 19.1 Å². The maximum Gasteiger partial charge on any atom is 0.237 e. The summed E-state index contributed by atoms with van der Waals surface area (Å²) in [4.78, 5) is 13.7. The average molecular weight is 252 g/mol. The zero-order valence-electron chi connectivity index (χ0n) is 11.0. The van der Waals surface area contributed by atoms with Gasteiger partial charge in [0.25, 0.3) is 0 Å². The molecule has 0 aliphatic rings. The first-order valence-corrected chi connectivity index (χ1v) is 5.59. The van der Waals surface area contributed by atoms with Crippen LogP contribution in [-0.4, -0.2) is 43.0 Å². The maximum atomic E-state index is 11.5. The third-order valence-electron chi connectivity index (χ3n) is 2.67. The summed E-state index contributed by atoms with van der Waals surface area (Å²) in [5.74, 6) is 0.134. The summed E-state index contributed by atoms with van der Waals surface area (Å²) in [7, 11) is 2.04. The van der Waals surface area contributed by atoms with Crippen LogP contribution in [0.25, 0.3) is 0 Å². The Morgan fingerprint density at radius 2 is 1.81 bits per heavy atom. The van der Waals surface area contributed by atoms with Crippen LogP contribution in [0.15, 0.2) is 0 Å². The van der Waals surface area contributed by atoms with Gasteiger partial charge < -0.3 is 16.0 Å². The van der Waals surface area contributed by atoms with Gasteiger partial charge in [0.2, 0.25) is 5.91 Å². The minimum absolute atomic E-state index is 0. The standard InChI is InChI=1S/C11H25N3O.ClH/c1-8(2)10(12)11(15)13-6-7-14(5)9(3)4;/h8-10H,6-7,12H2,1-5H3,(H,13,15);1H/t10-;/m0./s1. The minimum atomic E-state index is -0.394. The number of nitrogens with zero attached hydrogens (tertiary/aromatic N) is 1. The fourth-order valence-corrected chi connectivity index (χ4v) is 1.03. The van der Waals surface area contributed by atoms with Crippen molar-refractivity contribution in [3.63, 3.8) is 0 Å². The Hall–Kier alpha value is -0.320. The second kappa shape index (κ2) is 8.79. The van der Waals surface area contributed by atoms with Crippen LogP contribution < -0.4 is 11.1 Å². The Balaban J connectivity index is 0. The molecule has 0 bridgehead atoms. The van der Waals surface area contributed by atoms with E-state index in [9.17, 15) is 4.79 Å². The average Bonchev–Trinajstić information content (AvgIpc) is 2.15. The molecule has 0 saturated heterocycles. The van der Waals surface area contributed by atoms with Gasteiger partial charge in [-0.1, -0.05) is 13.8 Å². The van der Waals surface area contributed by atoms with Crippen molar-refractivity contribution in [3.05, 3.63) is 0 Å². The minimum Gasteiger partial charge on any atom is -0.353 e. The van der Waals surface area contributed by atoms with E-state index < -0.39 is 6.04 Å². The number of nitrogens with one attached hydrogen (secondary N) is 1. The van der Waals surface area contributed by atoms with Gasteiger partial charge in [-0.15, -0.1) is 12.4 Å². The van der Waals surface area contributed by atoms with Crippen molar-refractivity contribution in [3.8, 4) is 0 Å². The van der Waals surface area contributed by atoms with E-state index in [0.717, 1.165) is 6.54 Å². The van der Waals surface area contributed by atoms with Crippen LogP contribution in [0.5, 0.6) is 0 Å². The lowest BCUT2D eigenvalue weighted by Gasteiger charge is -2.22. The van der Waals surface area contributed by atoms with E-state index in [1.54, 1.807) is 0 Å². The van der Waals surface area contributed by atoms with Gasteiger partial charge in [0.15, 0.2) is 0 Å². The molecule has 0 heterocycles. The van der Waals surface area contributed by atoms with E-state index in [1.807, 2.05) is 20.9 Å². The maximum absolute atomic E-state index is 11.5. The first-order valence-electron chi connectivity index (χ1n) is 5.59. The molecule has 0 aliphatic heterocycles. The van der Waals surface area contributed by atoms with Gasteiger partial charge in [-0.05, 0) is 26.8 Å². The first kappa shape index (κ1) is 18.1. The van der Waals surface area contributed by atoms with Crippen molar-refractivity contribution in [1.29, 1.82) is 0 Å². The van der Waals surface area contributed by atoms with Crippen molar-refractivity contribution < 1.29 is 4.79 Å². The molecular formula is C11H26ClN3O. The third-order valence-corrected chi connectivity index (χ3v) is 2.67. The van der Waals surface area contributed by atoms with Crippen LogP contribution in [-0.2, 0) is 4.79 Å². The summed E-state index contributed by atoms with van der Waals surface area (Å²) in [5.41, 5.74) is 5.71. The highest BCUT2D eigenvalue weighted by molar-refractivity contribution is 5.85. The highest BCUT2D eigenvalue weighted by Gasteiger charge is 2.16. The van der Waals surface area contributed by atoms with Gasteiger partial charge >= 0.3 is 0 Å². The van der Waals surface area contributed by atoms with E-state index in [2.05, 4.69) is 24.1 Å². The van der Waals surface area contributed by atoms with E-state index in [4.69, 9.17) is 5.73 Å². The second-order valence-corrected chi connectivity index (χ2v) is 4.64. The molecule has 0 saturated carbocycles. The lowest BCUT2D eigenvalue weighted by molar-refractivity contribution is -0.123. The van der Waals surface area contributed by atoms with Crippen molar-refractivity contribution in [2.45, 2.75) is 39.8 Å². The molecule has 3 N–H and O–H groups in total. The monoisotopic (exact) mass is 251 g/mol. The largest absolute Gasteiger partial charge is 0.353 e. The third kappa shape index (κ3) is 7.04.